The first-order valence-corrected chi connectivity index (χ1v) is 28.6. The number of phenolic OH excluding ortho intramolecular Hbond substituents is 1. The molecule has 0 bridgehead atoms. The number of rotatable bonds is 25. The van der Waals surface area contributed by atoms with Crippen LogP contribution in [0.25, 0.3) is 0 Å². The zero-order valence-electron chi connectivity index (χ0n) is 40.0. The van der Waals surface area contributed by atoms with Gasteiger partial charge >= 0.3 is 22.6 Å². The molecular formula is C40H61ClI2N3O21P3. The molecule has 3 amide bonds. The third-order valence-corrected chi connectivity index (χ3v) is 11.9. The summed E-state index contributed by atoms with van der Waals surface area (Å²) in [5.74, 6) is 1.35. The number of phenols is 1. The van der Waals surface area contributed by atoms with Crippen LogP contribution in [0.3, 0.4) is 0 Å². The van der Waals surface area contributed by atoms with E-state index < -0.39 is 22.6 Å². The van der Waals surface area contributed by atoms with Gasteiger partial charge in [0.15, 0.2) is 34.5 Å². The lowest BCUT2D eigenvalue weighted by atomic mass is 10.2. The topological polar surface area (TPSA) is 321 Å². The number of ether oxygens (including phenoxy) is 6. The Bertz CT molecular complexity index is 2080. The minimum atomic E-state index is -4.39. The first kappa shape index (κ1) is 66.5. The Hall–Kier alpha value is -3.53. The maximum atomic E-state index is 12.0. The van der Waals surface area contributed by atoms with Gasteiger partial charge in [0.1, 0.15) is 0 Å². The fourth-order valence-electron chi connectivity index (χ4n) is 4.78. The van der Waals surface area contributed by atoms with Gasteiger partial charge in [-0.1, -0.05) is 52.1 Å². The molecule has 3 atom stereocenters. The summed E-state index contributed by atoms with van der Waals surface area (Å²) in [7, 11) is -0.138. The lowest BCUT2D eigenvalue weighted by Gasteiger charge is -2.18. The molecule has 3 rings (SSSR count). The number of phosphoric ester groups is 2. The van der Waals surface area contributed by atoms with E-state index in [2.05, 4.69) is 20.5 Å². The molecule has 0 aromatic heterocycles. The van der Waals surface area contributed by atoms with E-state index in [4.69, 9.17) is 62.7 Å². The van der Waals surface area contributed by atoms with E-state index in [9.17, 15) is 43.0 Å². The van der Waals surface area contributed by atoms with E-state index in [1.807, 2.05) is 66.0 Å². The van der Waals surface area contributed by atoms with Crippen molar-refractivity contribution < 1.29 is 98.9 Å². The minimum absolute atomic E-state index is 0.0240. The van der Waals surface area contributed by atoms with Crippen molar-refractivity contribution in [3.63, 3.8) is 0 Å². The number of nitrogens with one attached hydrogen (secondary N) is 3. The van der Waals surface area contributed by atoms with Crippen molar-refractivity contribution in [2.75, 3.05) is 91.0 Å². The summed E-state index contributed by atoms with van der Waals surface area (Å²) in [4.78, 5) is 60.7. The van der Waals surface area contributed by atoms with Crippen LogP contribution in [0, 0.1) is 20.8 Å². The van der Waals surface area contributed by atoms with Gasteiger partial charge in [0.05, 0.1) is 71.3 Å². The Morgan fingerprint density at radius 1 is 0.529 bits per heavy atom. The third-order valence-electron chi connectivity index (χ3n) is 7.84. The number of aryl methyl sites for hydroxylation is 3. The average molecular weight is 1300 g/mol. The molecule has 0 aliphatic heterocycles. The number of hydrogen-bond acceptors (Lipinski definition) is 18. The molecule has 3 aromatic rings. The SMILES string of the molecule is CCC(=O)NCCOP(=O)(O)Oc1c(OC)cc(C)cc1OC.COc1cc(C)cc(OC)c1O.COc1cc(C)cc(OC)c1OP(=O)(O)OCCNC(=O)CI.O=C(CI)NCCOP(=O)(O)Cl. The molecule has 24 nitrogen and oxygen atoms in total. The molecule has 70 heavy (non-hydrogen) atoms. The van der Waals surface area contributed by atoms with Crippen LogP contribution in [0.5, 0.6) is 51.7 Å². The van der Waals surface area contributed by atoms with Crippen LogP contribution in [-0.4, -0.2) is 128 Å². The summed E-state index contributed by atoms with van der Waals surface area (Å²) < 4.78 is 89.4. The Labute approximate surface area is 438 Å². The van der Waals surface area contributed by atoms with Crippen LogP contribution in [0.15, 0.2) is 36.4 Å². The van der Waals surface area contributed by atoms with Gasteiger partial charge in [0, 0.05) is 37.3 Å². The van der Waals surface area contributed by atoms with E-state index in [1.165, 1.54) is 42.7 Å². The first-order chi connectivity index (χ1) is 32.8. The normalized spacial score (nSPS) is 12.9. The van der Waals surface area contributed by atoms with Gasteiger partial charge in [-0.2, -0.15) is 0 Å². The number of alkyl halides is 2. The molecule has 3 unspecified atom stereocenters. The summed E-state index contributed by atoms with van der Waals surface area (Å²) in [6, 6.07) is 10.0. The predicted octanol–water partition coefficient (Wildman–Crippen LogP) is 6.70. The Morgan fingerprint density at radius 3 is 1.06 bits per heavy atom. The number of benzene rings is 3. The zero-order chi connectivity index (χ0) is 53.7. The zero-order valence-corrected chi connectivity index (χ0v) is 47.8. The van der Waals surface area contributed by atoms with Crippen LogP contribution in [0.4, 0.5) is 0 Å². The highest BCUT2D eigenvalue weighted by atomic mass is 127. The molecule has 0 aliphatic rings. The van der Waals surface area contributed by atoms with Crippen LogP contribution >= 0.6 is 79.0 Å². The highest BCUT2D eigenvalue weighted by molar-refractivity contribution is 14.1. The molecule has 0 heterocycles. The third kappa shape index (κ3) is 27.9. The van der Waals surface area contributed by atoms with E-state index in [0.717, 1.165) is 16.7 Å². The van der Waals surface area contributed by atoms with E-state index >= 15 is 0 Å². The van der Waals surface area contributed by atoms with E-state index in [0.29, 0.717) is 26.8 Å². The molecule has 0 fully saturated rings. The highest BCUT2D eigenvalue weighted by Crippen LogP contribution is 2.52. The quantitative estimate of drug-likeness (QED) is 0.0201. The number of amides is 3. The van der Waals surface area contributed by atoms with Gasteiger partial charge in [-0.05, 0) is 73.9 Å². The van der Waals surface area contributed by atoms with Gasteiger partial charge in [-0.3, -0.25) is 37.7 Å². The minimum Gasteiger partial charge on any atom is -0.502 e. The number of halogens is 3. The van der Waals surface area contributed by atoms with E-state index in [1.54, 1.807) is 43.3 Å². The summed E-state index contributed by atoms with van der Waals surface area (Å²) in [6.45, 7) is 3.29. The Kier molecular flexibility index (Phi) is 33.0. The van der Waals surface area contributed by atoms with Gasteiger partial charge in [0.2, 0.25) is 35.0 Å². The van der Waals surface area contributed by atoms with Crippen molar-refractivity contribution in [1.29, 1.82) is 0 Å². The molecule has 0 saturated heterocycles. The fraction of sp³-hybridized carbons (Fsp3) is 0.475. The molecular weight excluding hydrogens is 1240 g/mol. The molecule has 30 heteroatoms. The van der Waals surface area contributed by atoms with Crippen molar-refractivity contribution in [2.45, 2.75) is 34.1 Å². The van der Waals surface area contributed by atoms with Crippen LogP contribution in [0.1, 0.15) is 30.0 Å². The molecule has 0 radical (unpaired) electrons. The highest BCUT2D eigenvalue weighted by Gasteiger charge is 2.29. The number of aromatic hydroxyl groups is 1. The van der Waals surface area contributed by atoms with Crippen molar-refractivity contribution in [3.8, 4) is 51.7 Å². The van der Waals surface area contributed by atoms with Crippen LogP contribution in [-0.2, 0) is 41.6 Å². The standard InChI is InChI=1S/C14H22NO7P.C13H19INO7P.C9H12O3.C4H8ClINO4P/c1-5-13(16)15-6-7-21-23(17,18)22-14-11(19-3)8-10(2)9-12(14)20-4;1-9-6-10(19-2)13(11(7-9)20-3)22-23(17,18)21-5-4-15-12(16)8-14;1-6-4-7(11-2)9(10)8(5-6)12-3;5-12(9,10)11-2-1-7-4(8)3-6/h8-9H,5-7H2,1-4H3,(H,15,16)(H,17,18);6-7H,4-5,8H2,1-3H3,(H,15,16)(H,17,18);4-5,10H,1-3H3;1-3H2,(H,7,8)(H,9,10). The lowest BCUT2D eigenvalue weighted by molar-refractivity contribution is -0.121. The molecule has 0 spiro atoms. The smallest absolute Gasteiger partial charge is 0.502 e. The fourth-order valence-corrected chi connectivity index (χ4v) is 7.41. The van der Waals surface area contributed by atoms with Crippen LogP contribution < -0.4 is 53.4 Å². The van der Waals surface area contributed by atoms with Gasteiger partial charge < -0.3 is 63.4 Å². The van der Waals surface area contributed by atoms with Crippen molar-refractivity contribution in [3.05, 3.63) is 53.1 Å². The maximum Gasteiger partial charge on any atom is 0.527 e. The largest absolute Gasteiger partial charge is 0.527 e. The first-order valence-electron chi connectivity index (χ1n) is 20.1. The number of phosphoric acid groups is 2. The Morgan fingerprint density at radius 2 is 0.800 bits per heavy atom. The predicted molar refractivity (Wildman–Crippen MR) is 276 cm³/mol. The molecule has 3 aromatic carbocycles. The number of carbonyl (C=O) groups is 3. The lowest BCUT2D eigenvalue weighted by Crippen LogP contribution is -2.27. The van der Waals surface area contributed by atoms with Gasteiger partial charge in [-0.15, -0.1) is 0 Å². The average Bonchev–Trinajstić information content (AvgIpc) is 3.31. The summed E-state index contributed by atoms with van der Waals surface area (Å²) in [5, 5.41) is 16.9. The second-order valence-corrected chi connectivity index (χ2v) is 20.0. The molecule has 0 aliphatic carbocycles. The number of carbonyl (C=O) groups excluding carboxylic acids is 3. The van der Waals surface area contributed by atoms with Gasteiger partial charge in [-0.25, -0.2) is 13.7 Å². The molecule has 7 N–H and O–H groups in total. The van der Waals surface area contributed by atoms with Crippen molar-refractivity contribution in [1.82, 2.24) is 16.0 Å². The summed E-state index contributed by atoms with van der Waals surface area (Å²) in [6.07, 6.45) is 0.324. The molecule has 0 saturated carbocycles. The second-order valence-electron chi connectivity index (χ2n) is 13.3. The van der Waals surface area contributed by atoms with Crippen molar-refractivity contribution >= 4 is 96.7 Å². The van der Waals surface area contributed by atoms with Crippen LogP contribution in [0.2, 0.25) is 0 Å². The van der Waals surface area contributed by atoms with E-state index in [-0.39, 0.29) is 97.4 Å². The number of methoxy groups -OCH3 is 6. The van der Waals surface area contributed by atoms with Crippen molar-refractivity contribution in [2.24, 2.45) is 0 Å². The maximum absolute atomic E-state index is 12.0. The number of hydrogen-bond donors (Lipinski definition) is 7. The monoisotopic (exact) mass is 1300 g/mol. The molecule has 398 valence electrons. The second kappa shape index (κ2) is 34.8. The summed E-state index contributed by atoms with van der Waals surface area (Å²) >= 11 is 8.66. The Balaban J connectivity index is 0.000000949. The van der Waals surface area contributed by atoms with Gasteiger partial charge in [0.25, 0.3) is 0 Å². The summed E-state index contributed by atoms with van der Waals surface area (Å²) in [5.41, 5.74) is 2.66.